The van der Waals surface area contributed by atoms with Gasteiger partial charge in [0.2, 0.25) is 11.9 Å². The van der Waals surface area contributed by atoms with Crippen molar-refractivity contribution < 1.29 is 18.1 Å². The fourth-order valence-corrected chi connectivity index (χ4v) is 3.44. The number of nitrogens with one attached hydrogen (secondary N) is 2. The summed E-state index contributed by atoms with van der Waals surface area (Å²) in [6.07, 6.45) is 4.10. The third-order valence-electron chi connectivity index (χ3n) is 3.96. The summed E-state index contributed by atoms with van der Waals surface area (Å²) in [7, 11) is -3.89. The highest BCUT2D eigenvalue weighted by atomic mass is 32.2. The van der Waals surface area contributed by atoms with Gasteiger partial charge in [0.25, 0.3) is 15.7 Å². The summed E-state index contributed by atoms with van der Waals surface area (Å²) in [6.45, 7) is 1.71. The average molecular weight is 439 g/mol. The number of nitrogens with zero attached hydrogens (tertiary/aromatic N) is 3. The topological polar surface area (TPSA) is 144 Å². The van der Waals surface area contributed by atoms with E-state index in [1.165, 1.54) is 60.8 Å². The third-order valence-corrected chi connectivity index (χ3v) is 5.30. The first-order valence-electron chi connectivity index (χ1n) is 8.89. The van der Waals surface area contributed by atoms with E-state index in [9.17, 15) is 23.3 Å². The van der Waals surface area contributed by atoms with Gasteiger partial charge in [-0.3, -0.25) is 14.9 Å². The zero-order chi connectivity index (χ0) is 22.4. The van der Waals surface area contributed by atoms with Gasteiger partial charge < -0.3 is 5.32 Å². The lowest BCUT2D eigenvalue weighted by Crippen LogP contribution is -2.15. The van der Waals surface area contributed by atoms with Crippen LogP contribution in [0.2, 0.25) is 0 Å². The summed E-state index contributed by atoms with van der Waals surface area (Å²) < 4.78 is 27.2. The Morgan fingerprint density at radius 1 is 1.13 bits per heavy atom. The Morgan fingerprint density at radius 3 is 2.55 bits per heavy atom. The molecule has 0 bridgehead atoms. The maximum atomic E-state index is 12.4. The molecule has 3 aromatic rings. The van der Waals surface area contributed by atoms with Crippen molar-refractivity contribution in [2.24, 2.45) is 0 Å². The number of nitro benzene ring substituents is 1. The minimum atomic E-state index is -3.89. The second kappa shape index (κ2) is 9.13. The molecule has 0 aliphatic carbocycles. The van der Waals surface area contributed by atoms with Crippen LogP contribution in [-0.2, 0) is 14.8 Å². The van der Waals surface area contributed by atoms with Crippen LogP contribution in [0.25, 0.3) is 6.08 Å². The summed E-state index contributed by atoms with van der Waals surface area (Å²) >= 11 is 0. The van der Waals surface area contributed by atoms with Gasteiger partial charge in [0.1, 0.15) is 0 Å². The number of hydrogen-bond donors (Lipinski definition) is 2. The number of carbonyl (C=O) groups excluding carboxylic acids is 1. The van der Waals surface area contributed by atoms with Crippen LogP contribution in [0.15, 0.2) is 71.8 Å². The Labute approximate surface area is 177 Å². The van der Waals surface area contributed by atoms with E-state index in [0.29, 0.717) is 16.9 Å². The number of nitro groups is 1. The van der Waals surface area contributed by atoms with E-state index in [2.05, 4.69) is 20.0 Å². The number of anilines is 2. The van der Waals surface area contributed by atoms with E-state index < -0.39 is 20.9 Å². The third kappa shape index (κ3) is 5.93. The zero-order valence-corrected chi connectivity index (χ0v) is 17.0. The summed E-state index contributed by atoms with van der Waals surface area (Å²) in [4.78, 5) is 30.2. The summed E-state index contributed by atoms with van der Waals surface area (Å²) in [6, 6.07) is 13.0. The molecule has 3 rings (SSSR count). The van der Waals surface area contributed by atoms with Gasteiger partial charge in [-0.15, -0.1) is 0 Å². The molecule has 1 amide bonds. The standard InChI is InChI=1S/C20H17N5O5S/c1-14-11-12-21-20(22-14)24-31(29,30)18-8-6-16(7-9-18)23-19(26)10-5-15-3-2-4-17(13-15)25(27)28/h2-13H,1H3,(H,23,26)(H,21,22,24)/b10-5+. The SMILES string of the molecule is Cc1ccnc(NS(=O)(=O)c2ccc(NC(=O)/C=C/c3cccc([N+](=O)[O-])c3)cc2)n1. The average Bonchev–Trinajstić information content (AvgIpc) is 2.72. The first kappa shape index (κ1) is 21.6. The van der Waals surface area contributed by atoms with Crippen LogP contribution in [0.1, 0.15) is 11.3 Å². The van der Waals surface area contributed by atoms with Crippen LogP contribution in [-0.4, -0.2) is 29.2 Å². The van der Waals surface area contributed by atoms with Crippen molar-refractivity contribution in [3.63, 3.8) is 0 Å². The lowest BCUT2D eigenvalue weighted by molar-refractivity contribution is -0.384. The van der Waals surface area contributed by atoms with E-state index in [-0.39, 0.29) is 16.5 Å². The van der Waals surface area contributed by atoms with Crippen LogP contribution >= 0.6 is 0 Å². The number of rotatable bonds is 7. The Hall–Kier alpha value is -4.12. The first-order valence-corrected chi connectivity index (χ1v) is 10.4. The molecule has 2 N–H and O–H groups in total. The minimum absolute atomic E-state index is 0.0252. The molecule has 0 saturated heterocycles. The summed E-state index contributed by atoms with van der Waals surface area (Å²) in [5, 5.41) is 13.4. The van der Waals surface area contributed by atoms with E-state index in [4.69, 9.17) is 0 Å². The molecule has 11 heteroatoms. The van der Waals surface area contributed by atoms with Crippen molar-refractivity contribution in [1.82, 2.24) is 9.97 Å². The maximum Gasteiger partial charge on any atom is 0.270 e. The fraction of sp³-hybridized carbons (Fsp3) is 0.0500. The Bertz CT molecular complexity index is 1260. The predicted molar refractivity (Wildman–Crippen MR) is 115 cm³/mol. The van der Waals surface area contributed by atoms with Gasteiger partial charge in [0, 0.05) is 35.8 Å². The smallest absolute Gasteiger partial charge is 0.270 e. The molecule has 0 fully saturated rings. The van der Waals surface area contributed by atoms with Crippen molar-refractivity contribution in [2.45, 2.75) is 11.8 Å². The van der Waals surface area contributed by atoms with Crippen LogP contribution in [0.5, 0.6) is 0 Å². The monoisotopic (exact) mass is 439 g/mol. The van der Waals surface area contributed by atoms with Crippen molar-refractivity contribution in [1.29, 1.82) is 0 Å². The summed E-state index contributed by atoms with van der Waals surface area (Å²) in [5.74, 6) is -0.517. The van der Waals surface area contributed by atoms with Gasteiger partial charge in [0.15, 0.2) is 0 Å². The molecule has 1 heterocycles. The van der Waals surface area contributed by atoms with E-state index >= 15 is 0 Å². The zero-order valence-electron chi connectivity index (χ0n) is 16.2. The molecule has 0 spiro atoms. The van der Waals surface area contributed by atoms with Crippen LogP contribution in [0.3, 0.4) is 0 Å². The van der Waals surface area contributed by atoms with Gasteiger partial charge >= 0.3 is 0 Å². The molecule has 0 saturated carbocycles. The normalized spacial score (nSPS) is 11.3. The second-order valence-electron chi connectivity index (χ2n) is 6.33. The molecular weight excluding hydrogens is 422 g/mol. The van der Waals surface area contributed by atoms with E-state index in [1.54, 1.807) is 19.1 Å². The number of non-ortho nitro benzene ring substituents is 1. The van der Waals surface area contributed by atoms with Crippen molar-refractivity contribution in [3.8, 4) is 0 Å². The minimum Gasteiger partial charge on any atom is -0.323 e. The van der Waals surface area contributed by atoms with E-state index in [1.807, 2.05) is 0 Å². The number of hydrogen-bond acceptors (Lipinski definition) is 7. The number of sulfonamides is 1. The largest absolute Gasteiger partial charge is 0.323 e. The fourth-order valence-electron chi connectivity index (χ4n) is 2.49. The second-order valence-corrected chi connectivity index (χ2v) is 8.01. The van der Waals surface area contributed by atoms with Gasteiger partial charge in [-0.25, -0.2) is 23.1 Å². The quantitative estimate of drug-likeness (QED) is 0.327. The van der Waals surface area contributed by atoms with Gasteiger partial charge in [0.05, 0.1) is 9.82 Å². The number of aromatic nitrogens is 2. The number of carbonyl (C=O) groups is 1. The highest BCUT2D eigenvalue weighted by Crippen LogP contribution is 2.17. The Morgan fingerprint density at radius 2 is 1.87 bits per heavy atom. The Kier molecular flexibility index (Phi) is 6.36. The van der Waals surface area contributed by atoms with Gasteiger partial charge in [-0.2, -0.15) is 0 Å². The highest BCUT2D eigenvalue weighted by Gasteiger charge is 2.15. The molecule has 10 nitrogen and oxygen atoms in total. The highest BCUT2D eigenvalue weighted by molar-refractivity contribution is 7.92. The lowest BCUT2D eigenvalue weighted by atomic mass is 10.2. The molecule has 31 heavy (non-hydrogen) atoms. The molecule has 0 aliphatic rings. The molecule has 2 aromatic carbocycles. The molecule has 0 radical (unpaired) electrons. The van der Waals surface area contributed by atoms with Crippen LogP contribution < -0.4 is 10.0 Å². The van der Waals surface area contributed by atoms with E-state index in [0.717, 1.165) is 0 Å². The number of benzene rings is 2. The molecule has 1 aromatic heterocycles. The van der Waals surface area contributed by atoms with Crippen molar-refractivity contribution >= 4 is 39.3 Å². The van der Waals surface area contributed by atoms with Crippen molar-refractivity contribution in [3.05, 3.63) is 88.2 Å². The number of amides is 1. The summed E-state index contributed by atoms with van der Waals surface area (Å²) in [5.41, 5.74) is 1.41. The molecule has 0 atom stereocenters. The lowest BCUT2D eigenvalue weighted by Gasteiger charge is -2.08. The maximum absolute atomic E-state index is 12.4. The molecule has 0 aliphatic heterocycles. The van der Waals surface area contributed by atoms with Crippen molar-refractivity contribution in [2.75, 3.05) is 10.0 Å². The molecule has 158 valence electrons. The Balaban J connectivity index is 1.65. The number of aryl methyl sites for hydroxylation is 1. The molecule has 0 unspecified atom stereocenters. The molecular formula is C20H17N5O5S. The van der Waals surface area contributed by atoms with Crippen LogP contribution in [0, 0.1) is 17.0 Å². The van der Waals surface area contributed by atoms with Gasteiger partial charge in [-0.05, 0) is 48.9 Å². The predicted octanol–water partition coefficient (Wildman–Crippen LogP) is 3.15. The van der Waals surface area contributed by atoms with Crippen LogP contribution in [0.4, 0.5) is 17.3 Å². The van der Waals surface area contributed by atoms with Gasteiger partial charge in [-0.1, -0.05) is 12.1 Å². The first-order chi connectivity index (χ1) is 14.7.